The summed E-state index contributed by atoms with van der Waals surface area (Å²) in [5.74, 6) is 1.09. The molecule has 10 heteroatoms. The van der Waals surface area contributed by atoms with Crippen molar-refractivity contribution >= 4 is 15.9 Å². The number of likely N-dealkylation sites (tertiary alicyclic amines) is 1. The number of aryl methyl sites for hydroxylation is 2. The van der Waals surface area contributed by atoms with Crippen LogP contribution in [0.4, 0.5) is 0 Å². The third-order valence-corrected chi connectivity index (χ3v) is 7.05. The minimum Gasteiger partial charge on any atom is -0.493 e. The Bertz CT molecular complexity index is 1010. The number of nitrogens with one attached hydrogen (secondary N) is 1. The van der Waals surface area contributed by atoms with Crippen LogP contribution in [0.3, 0.4) is 0 Å². The number of sulfonamides is 1. The predicted molar refractivity (Wildman–Crippen MR) is 109 cm³/mol. The van der Waals surface area contributed by atoms with Crippen LogP contribution < -0.4 is 14.2 Å². The quantitative estimate of drug-likeness (QED) is 0.708. The summed E-state index contributed by atoms with van der Waals surface area (Å²) in [4.78, 5) is 14.8. The number of amides is 1. The molecule has 164 valence electrons. The van der Waals surface area contributed by atoms with Crippen molar-refractivity contribution in [2.75, 3.05) is 20.8 Å². The average Bonchev–Trinajstić information content (AvgIpc) is 3.33. The molecule has 9 nitrogen and oxygen atoms in total. The third kappa shape index (κ3) is 4.15. The minimum atomic E-state index is -3.94. The van der Waals surface area contributed by atoms with Crippen LogP contribution in [0, 0.1) is 13.8 Å². The second-order valence-corrected chi connectivity index (χ2v) is 8.95. The molecule has 1 aromatic heterocycles. The number of benzene rings is 1. The Balaban J connectivity index is 1.80. The molecule has 3 rings (SSSR count). The van der Waals surface area contributed by atoms with Gasteiger partial charge in [0.05, 0.1) is 26.3 Å². The SMILES string of the molecule is COc1ccc(C2CCCN2C(=O)[C@H](C)NS(=O)(=O)c2c(C)noc2C)cc1OC. The van der Waals surface area contributed by atoms with Gasteiger partial charge >= 0.3 is 0 Å². The van der Waals surface area contributed by atoms with Crippen LogP contribution in [0.15, 0.2) is 27.6 Å². The summed E-state index contributed by atoms with van der Waals surface area (Å²) in [5.41, 5.74) is 1.17. The summed E-state index contributed by atoms with van der Waals surface area (Å²) < 4.78 is 43.6. The molecule has 0 spiro atoms. The lowest BCUT2D eigenvalue weighted by molar-refractivity contribution is -0.133. The number of carbonyl (C=O) groups excluding carboxylic acids is 1. The van der Waals surface area contributed by atoms with E-state index in [1.807, 2.05) is 12.1 Å². The van der Waals surface area contributed by atoms with Crippen LogP contribution >= 0.6 is 0 Å². The summed E-state index contributed by atoms with van der Waals surface area (Å²) in [6.07, 6.45) is 1.61. The summed E-state index contributed by atoms with van der Waals surface area (Å²) in [5, 5.41) is 3.68. The van der Waals surface area contributed by atoms with E-state index in [0.29, 0.717) is 18.0 Å². The van der Waals surface area contributed by atoms with Crippen molar-refractivity contribution in [2.45, 2.75) is 50.6 Å². The molecule has 0 saturated carbocycles. The number of nitrogens with zero attached hydrogens (tertiary/aromatic N) is 2. The largest absolute Gasteiger partial charge is 0.493 e. The number of aromatic nitrogens is 1. The van der Waals surface area contributed by atoms with E-state index < -0.39 is 16.1 Å². The lowest BCUT2D eigenvalue weighted by Gasteiger charge is -2.28. The monoisotopic (exact) mass is 437 g/mol. The normalized spacial score (nSPS) is 17.8. The summed E-state index contributed by atoms with van der Waals surface area (Å²) >= 11 is 0. The minimum absolute atomic E-state index is 0.0278. The standard InChI is InChI=1S/C20H27N3O6S/c1-12-19(14(3)29-21-12)30(25,26)22-13(2)20(24)23-10-6-7-16(23)15-8-9-17(27-4)18(11-15)28-5/h8-9,11,13,16,22H,6-7,10H2,1-5H3/t13-,16?/m0/s1. The summed E-state index contributed by atoms with van der Waals surface area (Å²) in [6, 6.07) is 4.45. The number of carbonyl (C=O) groups is 1. The average molecular weight is 438 g/mol. The molecule has 2 heterocycles. The summed E-state index contributed by atoms with van der Waals surface area (Å²) in [7, 11) is -0.819. The molecule has 1 aliphatic rings. The van der Waals surface area contributed by atoms with Crippen LogP contribution in [0.5, 0.6) is 11.5 Å². The van der Waals surface area contributed by atoms with E-state index in [2.05, 4.69) is 9.88 Å². The predicted octanol–water partition coefficient (Wildman–Crippen LogP) is 2.34. The van der Waals surface area contributed by atoms with E-state index in [9.17, 15) is 13.2 Å². The van der Waals surface area contributed by atoms with Gasteiger partial charge in [-0.2, -0.15) is 4.72 Å². The third-order valence-electron chi connectivity index (χ3n) is 5.27. The fourth-order valence-electron chi connectivity index (χ4n) is 3.89. The molecular weight excluding hydrogens is 410 g/mol. The van der Waals surface area contributed by atoms with Crippen LogP contribution in [0.2, 0.25) is 0 Å². The lowest BCUT2D eigenvalue weighted by atomic mass is 10.0. The molecule has 0 radical (unpaired) electrons. The van der Waals surface area contributed by atoms with Gasteiger partial charge in [-0.15, -0.1) is 0 Å². The molecule has 1 aromatic carbocycles. The molecule has 1 N–H and O–H groups in total. The maximum absolute atomic E-state index is 13.1. The van der Waals surface area contributed by atoms with Crippen molar-refractivity contribution in [1.82, 2.24) is 14.8 Å². The molecule has 1 unspecified atom stereocenters. The molecule has 1 aliphatic heterocycles. The Morgan fingerprint density at radius 3 is 2.57 bits per heavy atom. The highest BCUT2D eigenvalue weighted by Gasteiger charge is 2.35. The van der Waals surface area contributed by atoms with Gasteiger partial charge in [0.15, 0.2) is 17.3 Å². The Hall–Kier alpha value is -2.59. The maximum Gasteiger partial charge on any atom is 0.246 e. The molecular formula is C20H27N3O6S. The molecule has 30 heavy (non-hydrogen) atoms. The van der Waals surface area contributed by atoms with Gasteiger partial charge in [0.1, 0.15) is 10.6 Å². The van der Waals surface area contributed by atoms with Crippen molar-refractivity contribution in [3.63, 3.8) is 0 Å². The number of ether oxygens (including phenoxy) is 2. The summed E-state index contributed by atoms with van der Waals surface area (Å²) in [6.45, 7) is 5.16. The van der Waals surface area contributed by atoms with E-state index in [1.165, 1.54) is 6.92 Å². The second-order valence-electron chi connectivity index (χ2n) is 7.30. The highest BCUT2D eigenvalue weighted by atomic mass is 32.2. The van der Waals surface area contributed by atoms with E-state index in [-0.39, 0.29) is 28.3 Å². The van der Waals surface area contributed by atoms with Gasteiger partial charge in [-0.1, -0.05) is 11.2 Å². The lowest BCUT2D eigenvalue weighted by Crippen LogP contribution is -2.46. The Morgan fingerprint density at radius 2 is 1.97 bits per heavy atom. The van der Waals surface area contributed by atoms with Gasteiger partial charge in [0.25, 0.3) is 0 Å². The Kier molecular flexibility index (Phi) is 6.37. The van der Waals surface area contributed by atoms with Crippen molar-refractivity contribution in [3.8, 4) is 11.5 Å². The molecule has 1 saturated heterocycles. The first-order valence-electron chi connectivity index (χ1n) is 9.67. The topological polar surface area (TPSA) is 111 Å². The molecule has 0 aliphatic carbocycles. The molecule has 0 bridgehead atoms. The zero-order chi connectivity index (χ0) is 22.1. The first-order chi connectivity index (χ1) is 14.2. The van der Waals surface area contributed by atoms with Gasteiger partial charge < -0.3 is 18.9 Å². The van der Waals surface area contributed by atoms with Gasteiger partial charge in [-0.3, -0.25) is 4.79 Å². The van der Waals surface area contributed by atoms with Gasteiger partial charge in [-0.25, -0.2) is 8.42 Å². The van der Waals surface area contributed by atoms with E-state index in [1.54, 1.807) is 39.0 Å². The van der Waals surface area contributed by atoms with E-state index >= 15 is 0 Å². The van der Waals surface area contributed by atoms with Crippen molar-refractivity contribution in [2.24, 2.45) is 0 Å². The van der Waals surface area contributed by atoms with Gasteiger partial charge in [0.2, 0.25) is 15.9 Å². The Morgan fingerprint density at radius 1 is 1.27 bits per heavy atom. The van der Waals surface area contributed by atoms with Crippen molar-refractivity contribution in [3.05, 3.63) is 35.2 Å². The van der Waals surface area contributed by atoms with Gasteiger partial charge in [0, 0.05) is 6.54 Å². The van der Waals surface area contributed by atoms with Crippen LogP contribution in [-0.2, 0) is 14.8 Å². The molecule has 2 atom stereocenters. The first kappa shape index (κ1) is 22.1. The molecule has 2 aromatic rings. The number of methoxy groups -OCH3 is 2. The van der Waals surface area contributed by atoms with Gasteiger partial charge in [-0.05, 0) is 51.3 Å². The van der Waals surface area contributed by atoms with Crippen LogP contribution in [0.1, 0.15) is 42.8 Å². The first-order valence-corrected chi connectivity index (χ1v) is 11.2. The van der Waals surface area contributed by atoms with E-state index in [4.69, 9.17) is 14.0 Å². The van der Waals surface area contributed by atoms with Crippen LogP contribution in [-0.4, -0.2) is 51.2 Å². The number of rotatable bonds is 7. The van der Waals surface area contributed by atoms with E-state index in [0.717, 1.165) is 18.4 Å². The number of hydrogen-bond donors (Lipinski definition) is 1. The Labute approximate surface area is 176 Å². The smallest absolute Gasteiger partial charge is 0.246 e. The zero-order valence-corrected chi connectivity index (χ0v) is 18.6. The molecule has 1 amide bonds. The fourth-order valence-corrected chi connectivity index (χ4v) is 5.41. The fraction of sp³-hybridized carbons (Fsp3) is 0.500. The zero-order valence-electron chi connectivity index (χ0n) is 17.8. The maximum atomic E-state index is 13.1. The highest BCUT2D eigenvalue weighted by Crippen LogP contribution is 2.37. The van der Waals surface area contributed by atoms with Crippen molar-refractivity contribution < 1.29 is 27.2 Å². The highest BCUT2D eigenvalue weighted by molar-refractivity contribution is 7.89. The van der Waals surface area contributed by atoms with Crippen LogP contribution in [0.25, 0.3) is 0 Å². The molecule has 1 fully saturated rings. The number of hydrogen-bond acceptors (Lipinski definition) is 7. The van der Waals surface area contributed by atoms with Crippen molar-refractivity contribution in [1.29, 1.82) is 0 Å². The second kappa shape index (κ2) is 8.65.